The standard InChI is InChI=1S/C19H15N5O2/c25-19(15-8-9-21-17(11-15)24-13-20-12-22-24)23-18(16-7-4-10-26-16)14-5-2-1-3-6-14/h1-13,18H,(H,23,25)/t18-/m0/s1. The van der Waals surface area contributed by atoms with E-state index in [1.807, 2.05) is 36.4 Å². The summed E-state index contributed by atoms with van der Waals surface area (Å²) in [7, 11) is 0. The molecule has 4 rings (SSSR count). The zero-order valence-electron chi connectivity index (χ0n) is 13.7. The Morgan fingerprint density at radius 2 is 2.00 bits per heavy atom. The smallest absolute Gasteiger partial charge is 0.252 e. The van der Waals surface area contributed by atoms with E-state index in [9.17, 15) is 4.79 Å². The van der Waals surface area contributed by atoms with Crippen molar-refractivity contribution in [1.29, 1.82) is 0 Å². The number of rotatable bonds is 5. The number of aromatic nitrogens is 4. The largest absolute Gasteiger partial charge is 0.467 e. The fraction of sp³-hybridized carbons (Fsp3) is 0.0526. The summed E-state index contributed by atoms with van der Waals surface area (Å²) in [4.78, 5) is 20.9. The molecule has 3 heterocycles. The molecule has 0 radical (unpaired) electrons. The van der Waals surface area contributed by atoms with E-state index in [0.29, 0.717) is 17.1 Å². The van der Waals surface area contributed by atoms with Crippen LogP contribution in [0.2, 0.25) is 0 Å². The molecule has 0 saturated heterocycles. The van der Waals surface area contributed by atoms with Gasteiger partial charge in [-0.1, -0.05) is 30.3 Å². The minimum atomic E-state index is -0.387. The fourth-order valence-electron chi connectivity index (χ4n) is 2.65. The van der Waals surface area contributed by atoms with Crippen LogP contribution in [0.25, 0.3) is 5.82 Å². The lowest BCUT2D eigenvalue weighted by Crippen LogP contribution is -2.29. The van der Waals surface area contributed by atoms with Crippen molar-refractivity contribution in [1.82, 2.24) is 25.1 Å². The van der Waals surface area contributed by atoms with E-state index < -0.39 is 0 Å². The van der Waals surface area contributed by atoms with Gasteiger partial charge in [0.1, 0.15) is 24.5 Å². The number of benzene rings is 1. The number of nitrogens with one attached hydrogen (secondary N) is 1. The second-order valence-corrected chi connectivity index (χ2v) is 5.58. The highest BCUT2D eigenvalue weighted by molar-refractivity contribution is 5.95. The van der Waals surface area contributed by atoms with Crippen molar-refractivity contribution in [3.05, 3.63) is 96.6 Å². The number of nitrogens with zero attached hydrogens (tertiary/aromatic N) is 4. The Balaban J connectivity index is 1.62. The fourth-order valence-corrected chi connectivity index (χ4v) is 2.65. The van der Waals surface area contributed by atoms with Gasteiger partial charge in [-0.3, -0.25) is 4.79 Å². The van der Waals surface area contributed by atoms with Crippen molar-refractivity contribution in [2.24, 2.45) is 0 Å². The molecule has 7 nitrogen and oxygen atoms in total. The lowest BCUT2D eigenvalue weighted by Gasteiger charge is -2.17. The van der Waals surface area contributed by atoms with Gasteiger partial charge in [0.05, 0.1) is 6.26 Å². The maximum absolute atomic E-state index is 12.8. The summed E-state index contributed by atoms with van der Waals surface area (Å²) in [6.45, 7) is 0. The molecule has 1 amide bonds. The van der Waals surface area contributed by atoms with Crippen molar-refractivity contribution in [2.45, 2.75) is 6.04 Å². The van der Waals surface area contributed by atoms with Gasteiger partial charge < -0.3 is 9.73 Å². The van der Waals surface area contributed by atoms with Crippen LogP contribution < -0.4 is 5.32 Å². The molecular weight excluding hydrogens is 330 g/mol. The van der Waals surface area contributed by atoms with Crippen molar-refractivity contribution in [2.75, 3.05) is 0 Å². The maximum atomic E-state index is 12.8. The van der Waals surface area contributed by atoms with Gasteiger partial charge in [0.2, 0.25) is 0 Å². The number of hydrogen-bond acceptors (Lipinski definition) is 5. The number of furan rings is 1. The summed E-state index contributed by atoms with van der Waals surface area (Å²) in [6, 6.07) is 16.2. The molecule has 1 atom stereocenters. The Labute approximate surface area is 149 Å². The highest BCUT2D eigenvalue weighted by Crippen LogP contribution is 2.23. The molecular formula is C19H15N5O2. The topological polar surface area (TPSA) is 85.8 Å². The van der Waals surface area contributed by atoms with Crippen molar-refractivity contribution >= 4 is 5.91 Å². The van der Waals surface area contributed by atoms with E-state index in [1.54, 1.807) is 30.7 Å². The Kier molecular flexibility index (Phi) is 4.26. The number of amides is 1. The van der Waals surface area contributed by atoms with Gasteiger partial charge in [-0.2, -0.15) is 5.10 Å². The van der Waals surface area contributed by atoms with Crippen LogP contribution in [-0.4, -0.2) is 25.7 Å². The molecule has 26 heavy (non-hydrogen) atoms. The van der Waals surface area contributed by atoms with Crippen LogP contribution in [0.15, 0.2) is 84.1 Å². The van der Waals surface area contributed by atoms with Gasteiger partial charge in [-0.25, -0.2) is 14.6 Å². The van der Waals surface area contributed by atoms with Gasteiger partial charge in [0.25, 0.3) is 5.91 Å². The second kappa shape index (κ2) is 7.02. The van der Waals surface area contributed by atoms with E-state index >= 15 is 0 Å². The lowest BCUT2D eigenvalue weighted by molar-refractivity contribution is 0.0939. The molecule has 1 N–H and O–H groups in total. The van der Waals surface area contributed by atoms with E-state index in [4.69, 9.17) is 4.42 Å². The van der Waals surface area contributed by atoms with E-state index in [-0.39, 0.29) is 11.9 Å². The third-order valence-corrected chi connectivity index (χ3v) is 3.90. The molecule has 0 spiro atoms. The summed E-state index contributed by atoms with van der Waals surface area (Å²) in [5.74, 6) is 0.943. The zero-order chi connectivity index (χ0) is 17.8. The lowest BCUT2D eigenvalue weighted by atomic mass is 10.0. The van der Waals surface area contributed by atoms with Gasteiger partial charge in [0.15, 0.2) is 5.82 Å². The van der Waals surface area contributed by atoms with Crippen LogP contribution in [0, 0.1) is 0 Å². The number of pyridine rings is 1. The third-order valence-electron chi connectivity index (χ3n) is 3.90. The van der Waals surface area contributed by atoms with Crippen molar-refractivity contribution in [3.63, 3.8) is 0 Å². The normalized spacial score (nSPS) is 11.8. The van der Waals surface area contributed by atoms with Crippen LogP contribution in [-0.2, 0) is 0 Å². The SMILES string of the molecule is O=C(N[C@@H](c1ccccc1)c1ccco1)c1ccnc(-n2cncn2)c1. The second-order valence-electron chi connectivity index (χ2n) is 5.58. The molecule has 0 fully saturated rings. The molecule has 0 saturated carbocycles. The van der Waals surface area contributed by atoms with Gasteiger partial charge >= 0.3 is 0 Å². The van der Waals surface area contributed by atoms with Gasteiger partial charge in [-0.05, 0) is 29.8 Å². The molecule has 3 aromatic heterocycles. The number of hydrogen-bond donors (Lipinski definition) is 1. The Hall–Kier alpha value is -3.74. The zero-order valence-corrected chi connectivity index (χ0v) is 13.7. The highest BCUT2D eigenvalue weighted by atomic mass is 16.3. The molecule has 128 valence electrons. The minimum Gasteiger partial charge on any atom is -0.467 e. The maximum Gasteiger partial charge on any atom is 0.252 e. The average molecular weight is 345 g/mol. The first-order valence-electron chi connectivity index (χ1n) is 8.01. The Morgan fingerprint density at radius 3 is 2.73 bits per heavy atom. The molecule has 0 aliphatic rings. The Morgan fingerprint density at radius 1 is 1.12 bits per heavy atom. The average Bonchev–Trinajstić information content (AvgIpc) is 3.40. The van der Waals surface area contributed by atoms with Crippen molar-refractivity contribution < 1.29 is 9.21 Å². The highest BCUT2D eigenvalue weighted by Gasteiger charge is 2.20. The van der Waals surface area contributed by atoms with Crippen LogP contribution >= 0.6 is 0 Å². The summed E-state index contributed by atoms with van der Waals surface area (Å²) < 4.78 is 7.02. The first-order chi connectivity index (χ1) is 12.8. The van der Waals surface area contributed by atoms with E-state index in [2.05, 4.69) is 20.4 Å². The van der Waals surface area contributed by atoms with Gasteiger partial charge in [0, 0.05) is 11.8 Å². The summed E-state index contributed by atoms with van der Waals surface area (Å²) in [5, 5.41) is 7.05. The molecule has 4 aromatic rings. The monoisotopic (exact) mass is 345 g/mol. The summed E-state index contributed by atoms with van der Waals surface area (Å²) in [5.41, 5.74) is 1.40. The third kappa shape index (κ3) is 3.23. The van der Waals surface area contributed by atoms with Crippen LogP contribution in [0.1, 0.15) is 27.7 Å². The Bertz CT molecular complexity index is 982. The molecule has 7 heteroatoms. The molecule has 0 bridgehead atoms. The van der Waals surface area contributed by atoms with E-state index in [1.165, 1.54) is 17.3 Å². The molecule has 0 aliphatic carbocycles. The summed E-state index contributed by atoms with van der Waals surface area (Å²) in [6.07, 6.45) is 6.10. The van der Waals surface area contributed by atoms with Crippen molar-refractivity contribution in [3.8, 4) is 5.82 Å². The first-order valence-corrected chi connectivity index (χ1v) is 8.01. The minimum absolute atomic E-state index is 0.237. The van der Waals surface area contributed by atoms with Gasteiger partial charge in [-0.15, -0.1) is 0 Å². The van der Waals surface area contributed by atoms with E-state index in [0.717, 1.165) is 5.56 Å². The summed E-state index contributed by atoms with van der Waals surface area (Å²) >= 11 is 0. The quantitative estimate of drug-likeness (QED) is 0.601. The first kappa shape index (κ1) is 15.8. The number of carbonyl (C=O) groups is 1. The predicted molar refractivity (Wildman–Crippen MR) is 93.6 cm³/mol. The van der Waals surface area contributed by atoms with Crippen LogP contribution in [0.3, 0.4) is 0 Å². The molecule has 0 unspecified atom stereocenters. The van der Waals surface area contributed by atoms with Crippen LogP contribution in [0.4, 0.5) is 0 Å². The number of carbonyl (C=O) groups excluding carboxylic acids is 1. The predicted octanol–water partition coefficient (Wildman–Crippen LogP) is 2.77. The molecule has 0 aliphatic heterocycles. The molecule has 1 aromatic carbocycles. The van der Waals surface area contributed by atoms with Crippen LogP contribution in [0.5, 0.6) is 0 Å².